The quantitative estimate of drug-likeness (QED) is 0.767. The largest absolute Gasteiger partial charge is 0.478 e. The first-order chi connectivity index (χ1) is 8.63. The molecule has 1 aromatic rings. The maximum atomic E-state index is 5.46. The fourth-order valence-corrected chi connectivity index (χ4v) is 1.34. The first-order valence-corrected chi connectivity index (χ1v) is 6.52. The summed E-state index contributed by atoms with van der Waals surface area (Å²) in [5.74, 6) is 1.44. The molecule has 5 nitrogen and oxygen atoms in total. The molecular weight excluding hydrogens is 228 g/mol. The van der Waals surface area contributed by atoms with Gasteiger partial charge in [0.1, 0.15) is 12.1 Å². The van der Waals surface area contributed by atoms with Crippen molar-refractivity contribution in [2.75, 3.05) is 32.1 Å². The topological polar surface area (TPSA) is 50.3 Å². The molecule has 0 fully saturated rings. The second-order valence-electron chi connectivity index (χ2n) is 4.59. The molecule has 1 aromatic heterocycles. The normalized spacial score (nSPS) is 11.0. The molecule has 0 unspecified atom stereocenters. The molecule has 0 aliphatic carbocycles. The van der Waals surface area contributed by atoms with Gasteiger partial charge in [0.25, 0.3) is 0 Å². The third kappa shape index (κ3) is 5.31. The van der Waals surface area contributed by atoms with E-state index in [1.54, 1.807) is 0 Å². The van der Waals surface area contributed by atoms with Gasteiger partial charge in [0.15, 0.2) is 0 Å². The van der Waals surface area contributed by atoms with Crippen LogP contribution in [0.4, 0.5) is 5.82 Å². The molecule has 0 amide bonds. The number of nitrogens with zero attached hydrogens (tertiary/aromatic N) is 3. The number of hydrogen-bond donors (Lipinski definition) is 1. The summed E-state index contributed by atoms with van der Waals surface area (Å²) < 4.78 is 5.46. The highest BCUT2D eigenvalue weighted by Gasteiger charge is 2.03. The van der Waals surface area contributed by atoms with E-state index in [-0.39, 0.29) is 0 Å². The van der Waals surface area contributed by atoms with Gasteiger partial charge < -0.3 is 15.0 Å². The number of nitrogens with one attached hydrogen (secondary N) is 1. The molecular formula is C13H24N4O. The van der Waals surface area contributed by atoms with Gasteiger partial charge in [0, 0.05) is 25.2 Å². The Kier molecular flexibility index (Phi) is 6.43. The highest BCUT2D eigenvalue weighted by Crippen LogP contribution is 2.10. The van der Waals surface area contributed by atoms with Crippen molar-refractivity contribution in [3.05, 3.63) is 12.4 Å². The second kappa shape index (κ2) is 7.87. The standard InChI is InChI=1S/C13H24N4O/c1-5-8-18-13-9-12(15-10-16-13)14-6-7-17(4)11(2)3/h9-11H,5-8H2,1-4H3,(H,14,15,16). The molecule has 1 N–H and O–H groups in total. The molecule has 0 aliphatic rings. The molecule has 102 valence electrons. The Bertz CT molecular complexity index is 344. The molecule has 0 atom stereocenters. The molecule has 0 saturated heterocycles. The van der Waals surface area contributed by atoms with Crippen LogP contribution in [0.15, 0.2) is 12.4 Å². The summed E-state index contributed by atoms with van der Waals surface area (Å²) in [7, 11) is 2.11. The Labute approximate surface area is 110 Å². The highest BCUT2D eigenvalue weighted by molar-refractivity contribution is 5.36. The molecule has 1 rings (SSSR count). The minimum Gasteiger partial charge on any atom is -0.478 e. The molecule has 0 radical (unpaired) electrons. The van der Waals surface area contributed by atoms with Crippen molar-refractivity contribution in [2.24, 2.45) is 0 Å². The molecule has 0 spiro atoms. The first-order valence-electron chi connectivity index (χ1n) is 6.52. The van der Waals surface area contributed by atoms with Crippen LogP contribution in [0.3, 0.4) is 0 Å². The van der Waals surface area contributed by atoms with Crippen molar-refractivity contribution in [1.29, 1.82) is 0 Å². The van der Waals surface area contributed by atoms with Crippen molar-refractivity contribution >= 4 is 5.82 Å². The monoisotopic (exact) mass is 252 g/mol. The summed E-state index contributed by atoms with van der Waals surface area (Å²) in [6.07, 6.45) is 2.51. The number of likely N-dealkylation sites (N-methyl/N-ethyl adjacent to an activating group) is 1. The lowest BCUT2D eigenvalue weighted by Gasteiger charge is -2.21. The lowest BCUT2D eigenvalue weighted by atomic mass is 10.3. The van der Waals surface area contributed by atoms with Crippen LogP contribution in [-0.4, -0.2) is 47.7 Å². The predicted octanol–water partition coefficient (Wildman–Crippen LogP) is 2.02. The summed E-state index contributed by atoms with van der Waals surface area (Å²) in [4.78, 5) is 10.5. The van der Waals surface area contributed by atoms with E-state index in [0.717, 1.165) is 25.3 Å². The Morgan fingerprint density at radius 2 is 2.17 bits per heavy atom. The zero-order valence-electron chi connectivity index (χ0n) is 11.8. The molecule has 1 heterocycles. The van der Waals surface area contributed by atoms with Crippen LogP contribution in [0.1, 0.15) is 27.2 Å². The molecule has 0 aliphatic heterocycles. The van der Waals surface area contributed by atoms with Gasteiger partial charge in [-0.25, -0.2) is 9.97 Å². The van der Waals surface area contributed by atoms with Crippen LogP contribution in [0, 0.1) is 0 Å². The third-order valence-electron chi connectivity index (χ3n) is 2.75. The fourth-order valence-electron chi connectivity index (χ4n) is 1.34. The van der Waals surface area contributed by atoms with Gasteiger partial charge in [0.2, 0.25) is 5.88 Å². The summed E-state index contributed by atoms with van der Waals surface area (Å²) in [5, 5.41) is 3.27. The Morgan fingerprint density at radius 3 is 2.83 bits per heavy atom. The molecule has 18 heavy (non-hydrogen) atoms. The molecule has 5 heteroatoms. The van der Waals surface area contributed by atoms with Gasteiger partial charge in [-0.3, -0.25) is 0 Å². The average molecular weight is 252 g/mol. The van der Waals surface area contributed by atoms with E-state index in [2.05, 4.69) is 48.0 Å². The van der Waals surface area contributed by atoms with E-state index in [9.17, 15) is 0 Å². The zero-order valence-corrected chi connectivity index (χ0v) is 11.8. The van der Waals surface area contributed by atoms with Crippen molar-refractivity contribution in [3.63, 3.8) is 0 Å². The maximum absolute atomic E-state index is 5.46. The third-order valence-corrected chi connectivity index (χ3v) is 2.75. The highest BCUT2D eigenvalue weighted by atomic mass is 16.5. The van der Waals surface area contributed by atoms with E-state index in [1.807, 2.05) is 6.07 Å². The number of rotatable bonds is 8. The lowest BCUT2D eigenvalue weighted by molar-refractivity contribution is 0.284. The van der Waals surface area contributed by atoms with E-state index in [4.69, 9.17) is 4.74 Å². The van der Waals surface area contributed by atoms with Crippen LogP contribution < -0.4 is 10.1 Å². The average Bonchev–Trinajstić information content (AvgIpc) is 2.36. The van der Waals surface area contributed by atoms with E-state index in [1.165, 1.54) is 6.33 Å². The van der Waals surface area contributed by atoms with Gasteiger partial charge >= 0.3 is 0 Å². The number of hydrogen-bond acceptors (Lipinski definition) is 5. The van der Waals surface area contributed by atoms with Crippen LogP contribution in [0.25, 0.3) is 0 Å². The van der Waals surface area contributed by atoms with Crippen molar-refractivity contribution in [2.45, 2.75) is 33.2 Å². The van der Waals surface area contributed by atoms with Crippen molar-refractivity contribution < 1.29 is 4.74 Å². The van der Waals surface area contributed by atoms with Gasteiger partial charge in [-0.05, 0) is 27.3 Å². The summed E-state index contributed by atoms with van der Waals surface area (Å²) >= 11 is 0. The van der Waals surface area contributed by atoms with E-state index >= 15 is 0 Å². The Hall–Kier alpha value is -1.36. The van der Waals surface area contributed by atoms with Crippen LogP contribution in [0.5, 0.6) is 5.88 Å². The lowest BCUT2D eigenvalue weighted by Crippen LogP contribution is -2.31. The Morgan fingerprint density at radius 1 is 1.39 bits per heavy atom. The van der Waals surface area contributed by atoms with Crippen LogP contribution in [0.2, 0.25) is 0 Å². The predicted molar refractivity (Wildman–Crippen MR) is 74.1 cm³/mol. The van der Waals surface area contributed by atoms with Gasteiger partial charge in [-0.2, -0.15) is 0 Å². The molecule has 0 bridgehead atoms. The number of ether oxygens (including phenoxy) is 1. The molecule has 0 aromatic carbocycles. The van der Waals surface area contributed by atoms with Gasteiger partial charge in [-0.1, -0.05) is 6.92 Å². The zero-order chi connectivity index (χ0) is 13.4. The Balaban J connectivity index is 2.37. The fraction of sp³-hybridized carbons (Fsp3) is 0.692. The summed E-state index contributed by atoms with van der Waals surface area (Å²) in [5.41, 5.74) is 0. The first kappa shape index (κ1) is 14.7. The van der Waals surface area contributed by atoms with E-state index in [0.29, 0.717) is 18.5 Å². The van der Waals surface area contributed by atoms with Gasteiger partial charge in [-0.15, -0.1) is 0 Å². The maximum Gasteiger partial charge on any atom is 0.218 e. The van der Waals surface area contributed by atoms with Crippen molar-refractivity contribution in [3.8, 4) is 5.88 Å². The minimum absolute atomic E-state index is 0.556. The van der Waals surface area contributed by atoms with Crippen LogP contribution >= 0.6 is 0 Å². The van der Waals surface area contributed by atoms with Gasteiger partial charge in [0.05, 0.1) is 6.61 Å². The second-order valence-corrected chi connectivity index (χ2v) is 4.59. The number of anilines is 1. The number of aromatic nitrogens is 2. The van der Waals surface area contributed by atoms with Crippen LogP contribution in [-0.2, 0) is 0 Å². The SMILES string of the molecule is CCCOc1cc(NCCN(C)C(C)C)ncn1. The minimum atomic E-state index is 0.556. The smallest absolute Gasteiger partial charge is 0.218 e. The summed E-state index contributed by atoms with van der Waals surface area (Å²) in [6, 6.07) is 2.39. The summed E-state index contributed by atoms with van der Waals surface area (Å²) in [6.45, 7) is 8.96. The van der Waals surface area contributed by atoms with Crippen molar-refractivity contribution in [1.82, 2.24) is 14.9 Å². The van der Waals surface area contributed by atoms with E-state index < -0.39 is 0 Å². The molecule has 0 saturated carbocycles.